The Hall–Kier alpha value is -1.51. The Morgan fingerprint density at radius 2 is 2.13 bits per heavy atom. The van der Waals surface area contributed by atoms with Crippen LogP contribution in [0.5, 0.6) is 0 Å². The molecule has 0 spiro atoms. The highest BCUT2D eigenvalue weighted by atomic mass is 32.1. The third-order valence-corrected chi connectivity index (χ3v) is 2.67. The van der Waals surface area contributed by atoms with Crippen LogP contribution in [0.15, 0.2) is 34.3 Å². The van der Waals surface area contributed by atoms with Gasteiger partial charge >= 0.3 is 0 Å². The lowest BCUT2D eigenvalue weighted by atomic mass is 10.3. The van der Waals surface area contributed by atoms with Crippen LogP contribution in [-0.4, -0.2) is 17.0 Å². The van der Waals surface area contributed by atoms with Gasteiger partial charge in [-0.1, -0.05) is 23.5 Å². The summed E-state index contributed by atoms with van der Waals surface area (Å²) >= 11 is 1.55. The molecular weight excluding hydrogens is 206 g/mol. The second-order valence-electron chi connectivity index (χ2n) is 3.40. The molecule has 0 aliphatic carbocycles. The SMILES string of the molecule is CC(C)N=C=Nc1nc2ccccc2s1. The quantitative estimate of drug-likeness (QED) is 0.709. The fourth-order valence-corrected chi connectivity index (χ4v) is 1.89. The Balaban J connectivity index is 2.33. The van der Waals surface area contributed by atoms with E-state index in [1.165, 1.54) is 0 Å². The number of rotatable bonds is 2. The van der Waals surface area contributed by atoms with Crippen molar-refractivity contribution in [3.8, 4) is 0 Å². The fraction of sp³-hybridized carbons (Fsp3) is 0.273. The van der Waals surface area contributed by atoms with Crippen LogP contribution in [0.3, 0.4) is 0 Å². The van der Waals surface area contributed by atoms with Crippen molar-refractivity contribution in [2.45, 2.75) is 19.9 Å². The Bertz CT molecular complexity index is 488. The summed E-state index contributed by atoms with van der Waals surface area (Å²) < 4.78 is 1.14. The molecule has 1 aromatic heterocycles. The second kappa shape index (κ2) is 4.34. The van der Waals surface area contributed by atoms with Gasteiger partial charge in [0.2, 0.25) is 5.13 Å². The molecule has 15 heavy (non-hydrogen) atoms. The highest BCUT2D eigenvalue weighted by Gasteiger charge is 1.99. The van der Waals surface area contributed by atoms with Crippen LogP contribution in [0.2, 0.25) is 0 Å². The third kappa shape index (κ3) is 2.49. The topological polar surface area (TPSA) is 37.6 Å². The minimum atomic E-state index is 0.225. The van der Waals surface area contributed by atoms with Gasteiger partial charge in [0.25, 0.3) is 0 Å². The highest BCUT2D eigenvalue weighted by Crippen LogP contribution is 2.26. The van der Waals surface area contributed by atoms with Crippen molar-refractivity contribution >= 4 is 32.7 Å². The Morgan fingerprint density at radius 1 is 1.33 bits per heavy atom. The smallest absolute Gasteiger partial charge is 0.220 e. The zero-order valence-electron chi connectivity index (χ0n) is 8.64. The summed E-state index contributed by atoms with van der Waals surface area (Å²) in [6.07, 6.45) is 0. The number of benzene rings is 1. The number of aliphatic imine (C=N–C) groups is 2. The van der Waals surface area contributed by atoms with Gasteiger partial charge < -0.3 is 0 Å². The number of aromatic nitrogens is 1. The van der Waals surface area contributed by atoms with Crippen molar-refractivity contribution < 1.29 is 0 Å². The number of para-hydroxylation sites is 1. The molecule has 0 saturated heterocycles. The van der Waals surface area contributed by atoms with Crippen LogP contribution < -0.4 is 0 Å². The highest BCUT2D eigenvalue weighted by molar-refractivity contribution is 7.21. The van der Waals surface area contributed by atoms with Crippen molar-refractivity contribution in [2.24, 2.45) is 9.98 Å². The summed E-state index contributed by atoms with van der Waals surface area (Å²) in [6, 6.07) is 10.9. The molecular formula is C11H11N3S. The van der Waals surface area contributed by atoms with Gasteiger partial charge in [0, 0.05) is 0 Å². The van der Waals surface area contributed by atoms with Crippen LogP contribution in [-0.2, 0) is 0 Å². The molecule has 0 N–H and O–H groups in total. The molecule has 0 bridgehead atoms. The predicted octanol–water partition coefficient (Wildman–Crippen LogP) is 3.51. The third-order valence-electron chi connectivity index (χ3n) is 1.74. The lowest BCUT2D eigenvalue weighted by Gasteiger charge is -1.85. The summed E-state index contributed by atoms with van der Waals surface area (Å²) in [5, 5.41) is 0.709. The van der Waals surface area contributed by atoms with Crippen molar-refractivity contribution in [3.63, 3.8) is 0 Å². The van der Waals surface area contributed by atoms with E-state index in [9.17, 15) is 0 Å². The number of fused-ring (bicyclic) bond motifs is 1. The average molecular weight is 217 g/mol. The normalized spacial score (nSPS) is 10.3. The maximum absolute atomic E-state index is 4.34. The maximum atomic E-state index is 4.34. The number of thiazole rings is 1. The molecule has 2 aromatic rings. The molecule has 1 aromatic carbocycles. The first-order valence-electron chi connectivity index (χ1n) is 4.77. The van der Waals surface area contributed by atoms with Gasteiger partial charge in [0.15, 0.2) is 0 Å². The molecule has 2 rings (SSSR count). The second-order valence-corrected chi connectivity index (χ2v) is 4.41. The van der Waals surface area contributed by atoms with Gasteiger partial charge in [-0.05, 0) is 26.0 Å². The van der Waals surface area contributed by atoms with E-state index in [4.69, 9.17) is 0 Å². The van der Waals surface area contributed by atoms with Crippen LogP contribution >= 0.6 is 11.3 Å². The molecule has 0 saturated carbocycles. The van der Waals surface area contributed by atoms with Crippen molar-refractivity contribution in [3.05, 3.63) is 24.3 Å². The summed E-state index contributed by atoms with van der Waals surface area (Å²) in [5.74, 6) is 0. The van der Waals surface area contributed by atoms with E-state index in [1.807, 2.05) is 38.1 Å². The Kier molecular flexibility index (Phi) is 2.90. The van der Waals surface area contributed by atoms with E-state index in [0.717, 1.165) is 10.2 Å². The molecule has 0 amide bonds. The van der Waals surface area contributed by atoms with Crippen molar-refractivity contribution in [1.29, 1.82) is 0 Å². The first kappa shape index (κ1) is 10.0. The van der Waals surface area contributed by atoms with Crippen LogP contribution in [0.1, 0.15) is 13.8 Å². The monoisotopic (exact) mass is 217 g/mol. The summed E-state index contributed by atoms with van der Waals surface area (Å²) in [7, 11) is 0. The van der Waals surface area contributed by atoms with Crippen molar-refractivity contribution in [1.82, 2.24) is 4.98 Å². The number of hydrogen-bond acceptors (Lipinski definition) is 4. The van der Waals surface area contributed by atoms with Gasteiger partial charge in [-0.3, -0.25) is 0 Å². The molecule has 1 heterocycles. The lowest BCUT2D eigenvalue weighted by molar-refractivity contribution is 0.841. The van der Waals surface area contributed by atoms with Gasteiger partial charge in [0.05, 0.1) is 22.3 Å². The molecule has 76 valence electrons. The molecule has 0 radical (unpaired) electrons. The van der Waals surface area contributed by atoms with E-state index < -0.39 is 0 Å². The largest absolute Gasteiger partial charge is 0.222 e. The van der Waals surface area contributed by atoms with Crippen LogP contribution in [0.4, 0.5) is 5.13 Å². The fourth-order valence-electron chi connectivity index (χ4n) is 1.09. The molecule has 0 fully saturated rings. The summed E-state index contributed by atoms with van der Waals surface area (Å²) in [4.78, 5) is 12.5. The molecule has 0 atom stereocenters. The molecule has 4 heteroatoms. The number of hydrogen-bond donors (Lipinski definition) is 0. The van der Waals surface area contributed by atoms with E-state index in [-0.39, 0.29) is 6.04 Å². The Morgan fingerprint density at radius 3 is 2.87 bits per heavy atom. The standard InChI is InChI=1S/C11H11N3S/c1-8(2)12-7-13-11-14-9-5-3-4-6-10(9)15-11/h3-6,8H,1-2H3. The maximum Gasteiger partial charge on any atom is 0.220 e. The molecule has 3 nitrogen and oxygen atoms in total. The minimum absolute atomic E-state index is 0.225. The van der Waals surface area contributed by atoms with Crippen molar-refractivity contribution in [2.75, 3.05) is 0 Å². The first-order valence-corrected chi connectivity index (χ1v) is 5.58. The number of nitrogens with zero attached hydrogens (tertiary/aromatic N) is 3. The van der Waals surface area contributed by atoms with Gasteiger partial charge in [-0.25, -0.2) is 9.98 Å². The molecule has 0 aliphatic rings. The van der Waals surface area contributed by atoms with E-state index in [2.05, 4.69) is 21.0 Å². The van der Waals surface area contributed by atoms with Gasteiger partial charge in [-0.2, -0.15) is 4.99 Å². The summed E-state index contributed by atoms with van der Waals surface area (Å²) in [6.45, 7) is 3.97. The van der Waals surface area contributed by atoms with Crippen LogP contribution in [0, 0.1) is 0 Å². The average Bonchev–Trinajstić information content (AvgIpc) is 2.59. The summed E-state index contributed by atoms with van der Waals surface area (Å²) in [5.41, 5.74) is 0.979. The zero-order chi connectivity index (χ0) is 10.7. The lowest BCUT2D eigenvalue weighted by Crippen LogP contribution is -1.84. The zero-order valence-corrected chi connectivity index (χ0v) is 9.45. The van der Waals surface area contributed by atoms with E-state index in [1.54, 1.807) is 11.3 Å². The van der Waals surface area contributed by atoms with Crippen LogP contribution in [0.25, 0.3) is 10.2 Å². The Labute approximate surface area is 92.2 Å². The van der Waals surface area contributed by atoms with E-state index >= 15 is 0 Å². The molecule has 0 unspecified atom stereocenters. The first-order chi connectivity index (χ1) is 7.25. The minimum Gasteiger partial charge on any atom is -0.222 e. The molecule has 0 aliphatic heterocycles. The van der Waals surface area contributed by atoms with Gasteiger partial charge in [-0.15, -0.1) is 0 Å². The predicted molar refractivity (Wildman–Crippen MR) is 64.3 cm³/mol. The van der Waals surface area contributed by atoms with E-state index in [0.29, 0.717) is 5.13 Å². The van der Waals surface area contributed by atoms with Gasteiger partial charge in [0.1, 0.15) is 0 Å².